The van der Waals surface area contributed by atoms with E-state index in [0.29, 0.717) is 5.75 Å². The lowest BCUT2D eigenvalue weighted by Crippen LogP contribution is -2.17. The van der Waals surface area contributed by atoms with E-state index in [-0.39, 0.29) is 10.8 Å². The zero-order valence-electron chi connectivity index (χ0n) is 7.95. The molecule has 1 aromatic rings. The third-order valence-corrected chi connectivity index (χ3v) is 4.01. The van der Waals surface area contributed by atoms with Crippen molar-refractivity contribution in [2.75, 3.05) is 12.9 Å². The molecule has 1 heterocycles. The molecule has 1 rings (SSSR count). The number of rotatable bonds is 4. The van der Waals surface area contributed by atoms with Crippen molar-refractivity contribution in [1.29, 1.82) is 0 Å². The summed E-state index contributed by atoms with van der Waals surface area (Å²) in [7, 11) is 1.38. The van der Waals surface area contributed by atoms with E-state index in [1.54, 1.807) is 18.0 Å². The maximum Gasteiger partial charge on any atom is 0.320 e. The molecule has 78 valence electrons. The minimum Gasteiger partial charge on any atom is -0.468 e. The average Bonchev–Trinajstić information content (AvgIpc) is 2.59. The number of alkyl halides is 1. The minimum atomic E-state index is -0.271. The van der Waals surface area contributed by atoms with Crippen LogP contribution < -0.4 is 0 Å². The molecule has 0 saturated heterocycles. The maximum atomic E-state index is 11.1. The highest BCUT2D eigenvalue weighted by Gasteiger charge is 2.16. The molecule has 0 spiro atoms. The second-order valence-corrected chi connectivity index (χ2v) is 4.81. The van der Waals surface area contributed by atoms with Gasteiger partial charge in [-0.1, -0.05) is 15.9 Å². The lowest BCUT2D eigenvalue weighted by molar-refractivity contribution is -0.139. The van der Waals surface area contributed by atoms with Crippen molar-refractivity contribution in [2.45, 2.75) is 16.6 Å². The van der Waals surface area contributed by atoms with Gasteiger partial charge in [0.1, 0.15) is 10.6 Å². The smallest absolute Gasteiger partial charge is 0.320 e. The molecular weight excluding hydrogens is 268 g/mol. The van der Waals surface area contributed by atoms with Crippen molar-refractivity contribution in [3.63, 3.8) is 0 Å². The van der Waals surface area contributed by atoms with Gasteiger partial charge in [-0.05, 0) is 13.0 Å². The molecule has 0 bridgehead atoms. The molecule has 0 aliphatic rings. The first kappa shape index (κ1) is 11.7. The van der Waals surface area contributed by atoms with Crippen molar-refractivity contribution in [3.05, 3.63) is 18.1 Å². The predicted octanol–water partition coefficient (Wildman–Crippen LogP) is 2.62. The lowest BCUT2D eigenvalue weighted by atomic mass is 10.5. The van der Waals surface area contributed by atoms with Crippen LogP contribution >= 0.6 is 27.7 Å². The number of thioether (sulfide) groups is 1. The molecule has 0 fully saturated rings. The van der Waals surface area contributed by atoms with Crippen LogP contribution in [0.4, 0.5) is 0 Å². The molecule has 0 amide bonds. The van der Waals surface area contributed by atoms with Gasteiger partial charge in [-0.2, -0.15) is 0 Å². The molecule has 0 aliphatic heterocycles. The highest BCUT2D eigenvalue weighted by atomic mass is 79.9. The number of hydrogen-bond acceptors (Lipinski definition) is 4. The number of hydrogen-bond donors (Lipinski definition) is 0. The second kappa shape index (κ2) is 5.46. The number of ether oxygens (including phenoxy) is 1. The highest BCUT2D eigenvalue weighted by Crippen LogP contribution is 2.25. The van der Waals surface area contributed by atoms with Gasteiger partial charge in [-0.3, -0.25) is 4.79 Å². The third-order valence-electron chi connectivity index (χ3n) is 1.65. The third kappa shape index (κ3) is 3.06. The number of halogens is 1. The zero-order chi connectivity index (χ0) is 10.6. The first-order valence-corrected chi connectivity index (χ1v) is 5.94. The quantitative estimate of drug-likeness (QED) is 0.482. The molecule has 3 nitrogen and oxygen atoms in total. The largest absolute Gasteiger partial charge is 0.468 e. The molecule has 0 aliphatic carbocycles. The van der Waals surface area contributed by atoms with Gasteiger partial charge in [0.2, 0.25) is 0 Å². The minimum absolute atomic E-state index is 0.251. The van der Waals surface area contributed by atoms with Crippen molar-refractivity contribution in [3.8, 4) is 0 Å². The fraction of sp³-hybridized carbons (Fsp3) is 0.444. The van der Waals surface area contributed by atoms with Crippen LogP contribution in [0.3, 0.4) is 0 Å². The topological polar surface area (TPSA) is 39.4 Å². The number of carbonyl (C=O) groups excluding carboxylic acids is 1. The van der Waals surface area contributed by atoms with E-state index in [2.05, 4.69) is 20.7 Å². The van der Waals surface area contributed by atoms with E-state index in [1.807, 2.05) is 13.0 Å². The molecule has 1 aromatic heterocycles. The van der Waals surface area contributed by atoms with Gasteiger partial charge in [0.15, 0.2) is 0 Å². The van der Waals surface area contributed by atoms with Gasteiger partial charge >= 0.3 is 5.97 Å². The van der Waals surface area contributed by atoms with Gasteiger partial charge in [-0.25, -0.2) is 0 Å². The molecule has 0 saturated carbocycles. The zero-order valence-corrected chi connectivity index (χ0v) is 10.4. The fourth-order valence-corrected chi connectivity index (χ4v) is 2.33. The Morgan fingerprint density at radius 3 is 3.00 bits per heavy atom. The molecule has 1 unspecified atom stereocenters. The van der Waals surface area contributed by atoms with Gasteiger partial charge in [0.05, 0.1) is 13.4 Å². The van der Waals surface area contributed by atoms with Gasteiger partial charge in [0, 0.05) is 10.6 Å². The molecular formula is C9H11BrO3S. The van der Waals surface area contributed by atoms with Crippen LogP contribution in [0.25, 0.3) is 0 Å². The molecule has 1 atom stereocenters. The predicted molar refractivity (Wildman–Crippen MR) is 58.9 cm³/mol. The van der Waals surface area contributed by atoms with Gasteiger partial charge in [-0.15, -0.1) is 11.8 Å². The van der Waals surface area contributed by atoms with E-state index >= 15 is 0 Å². The Bertz CT molecular complexity index is 311. The SMILES string of the molecule is COC(=O)C(Br)CSc1ccoc1C. The summed E-state index contributed by atoms with van der Waals surface area (Å²) in [5.74, 6) is 1.26. The van der Waals surface area contributed by atoms with E-state index in [4.69, 9.17) is 4.42 Å². The average molecular weight is 279 g/mol. The van der Waals surface area contributed by atoms with Crippen LogP contribution in [0.5, 0.6) is 0 Å². The van der Waals surface area contributed by atoms with Crippen LogP contribution in [0, 0.1) is 6.92 Å². The summed E-state index contributed by atoms with van der Waals surface area (Å²) >= 11 is 4.81. The number of carbonyl (C=O) groups is 1. The fourth-order valence-electron chi connectivity index (χ4n) is 0.882. The van der Waals surface area contributed by atoms with Crippen molar-refractivity contribution in [1.82, 2.24) is 0 Å². The Hall–Kier alpha value is -0.420. The number of aryl methyl sites for hydroxylation is 1. The normalized spacial score (nSPS) is 12.5. The van der Waals surface area contributed by atoms with Crippen LogP contribution in [0.1, 0.15) is 5.76 Å². The molecule has 0 radical (unpaired) electrons. The summed E-state index contributed by atoms with van der Waals surface area (Å²) < 4.78 is 9.72. The van der Waals surface area contributed by atoms with Crippen molar-refractivity contribution in [2.24, 2.45) is 0 Å². The van der Waals surface area contributed by atoms with E-state index in [1.165, 1.54) is 7.11 Å². The summed E-state index contributed by atoms with van der Waals surface area (Å²) in [6.07, 6.45) is 1.64. The lowest BCUT2D eigenvalue weighted by Gasteiger charge is -2.05. The van der Waals surface area contributed by atoms with Crippen LogP contribution in [-0.2, 0) is 9.53 Å². The first-order chi connectivity index (χ1) is 6.65. The molecule has 0 N–H and O–H groups in total. The van der Waals surface area contributed by atoms with Crippen LogP contribution in [0.15, 0.2) is 21.6 Å². The molecule has 14 heavy (non-hydrogen) atoms. The monoisotopic (exact) mass is 278 g/mol. The summed E-state index contributed by atoms with van der Waals surface area (Å²) in [5, 5.41) is 0. The second-order valence-electron chi connectivity index (χ2n) is 2.64. The highest BCUT2D eigenvalue weighted by molar-refractivity contribution is 9.10. The van der Waals surface area contributed by atoms with Crippen molar-refractivity contribution >= 4 is 33.7 Å². The Balaban J connectivity index is 2.41. The Labute approximate surface area is 95.3 Å². The number of esters is 1. The van der Waals surface area contributed by atoms with Crippen LogP contribution in [-0.4, -0.2) is 23.7 Å². The standard InChI is InChI=1S/C9H11BrO3S/c1-6-8(3-4-13-6)14-5-7(10)9(11)12-2/h3-4,7H,5H2,1-2H3. The summed E-state index contributed by atoms with van der Waals surface area (Å²) in [6.45, 7) is 1.89. The maximum absolute atomic E-state index is 11.1. The Morgan fingerprint density at radius 1 is 1.79 bits per heavy atom. The Kier molecular flexibility index (Phi) is 4.54. The van der Waals surface area contributed by atoms with E-state index < -0.39 is 0 Å². The number of furan rings is 1. The summed E-state index contributed by atoms with van der Waals surface area (Å²) in [5.41, 5.74) is 0. The number of methoxy groups -OCH3 is 1. The molecule has 5 heteroatoms. The van der Waals surface area contributed by atoms with E-state index in [0.717, 1.165) is 10.7 Å². The van der Waals surface area contributed by atoms with Crippen LogP contribution in [0.2, 0.25) is 0 Å². The Morgan fingerprint density at radius 2 is 2.50 bits per heavy atom. The molecule has 0 aromatic carbocycles. The summed E-state index contributed by atoms with van der Waals surface area (Å²) in [4.78, 5) is 11.8. The summed E-state index contributed by atoms with van der Waals surface area (Å²) in [6, 6.07) is 1.89. The van der Waals surface area contributed by atoms with Gasteiger partial charge in [0.25, 0.3) is 0 Å². The van der Waals surface area contributed by atoms with Crippen molar-refractivity contribution < 1.29 is 13.9 Å². The first-order valence-electron chi connectivity index (χ1n) is 4.04. The van der Waals surface area contributed by atoms with E-state index in [9.17, 15) is 4.79 Å². The van der Waals surface area contributed by atoms with Gasteiger partial charge < -0.3 is 9.15 Å².